The van der Waals surface area contributed by atoms with Gasteiger partial charge in [0.15, 0.2) is 0 Å². The Labute approximate surface area is 128 Å². The number of benzene rings is 1. The van der Waals surface area contributed by atoms with E-state index in [4.69, 9.17) is 16.3 Å². The van der Waals surface area contributed by atoms with Crippen LogP contribution in [0.2, 0.25) is 0 Å². The lowest BCUT2D eigenvalue weighted by Gasteiger charge is -2.07. The molecule has 2 aromatic heterocycles. The maximum Gasteiger partial charge on any atom is 0.125 e. The first-order chi connectivity index (χ1) is 10.1. The van der Waals surface area contributed by atoms with Gasteiger partial charge in [0.2, 0.25) is 0 Å². The molecule has 0 saturated carbocycles. The first-order valence-corrected chi connectivity index (χ1v) is 7.24. The Morgan fingerprint density at radius 3 is 2.76 bits per heavy atom. The second-order valence-electron chi connectivity index (χ2n) is 5.02. The third-order valence-electron chi connectivity index (χ3n) is 3.60. The van der Waals surface area contributed by atoms with Gasteiger partial charge in [-0.2, -0.15) is 5.10 Å². The molecule has 0 atom stereocenters. The smallest absolute Gasteiger partial charge is 0.125 e. The minimum atomic E-state index is 0.371. The lowest BCUT2D eigenvalue weighted by molar-refractivity contribution is 0.415. The fraction of sp³-hybridized carbons (Fsp3) is 0.333. The fourth-order valence-corrected chi connectivity index (χ4v) is 2.74. The molecule has 1 aromatic carbocycles. The Morgan fingerprint density at radius 2 is 2.14 bits per heavy atom. The van der Waals surface area contributed by atoms with Crippen LogP contribution >= 0.6 is 11.6 Å². The number of imidazole rings is 1. The number of aromatic nitrogens is 4. The summed E-state index contributed by atoms with van der Waals surface area (Å²) in [5.74, 6) is 2.03. The van der Waals surface area contributed by atoms with Gasteiger partial charge in [-0.25, -0.2) is 4.98 Å². The van der Waals surface area contributed by atoms with Crippen LogP contribution in [0, 0.1) is 6.92 Å². The summed E-state index contributed by atoms with van der Waals surface area (Å²) < 4.78 is 9.25. The molecular formula is C15H17ClN4O. The lowest BCUT2D eigenvalue weighted by atomic mass is 10.2. The van der Waals surface area contributed by atoms with Gasteiger partial charge in [0.25, 0.3) is 0 Å². The fourth-order valence-electron chi connectivity index (χ4n) is 2.53. The van der Waals surface area contributed by atoms with Crippen molar-refractivity contribution in [1.82, 2.24) is 19.3 Å². The molecule has 0 amide bonds. The molecule has 0 saturated heterocycles. The van der Waals surface area contributed by atoms with Crippen LogP contribution in [-0.4, -0.2) is 26.4 Å². The molecule has 0 aliphatic carbocycles. The predicted molar refractivity (Wildman–Crippen MR) is 82.9 cm³/mol. The molecular weight excluding hydrogens is 288 g/mol. The monoisotopic (exact) mass is 304 g/mol. The summed E-state index contributed by atoms with van der Waals surface area (Å²) in [5, 5.41) is 4.39. The molecule has 3 rings (SSSR count). The van der Waals surface area contributed by atoms with Gasteiger partial charge in [-0.3, -0.25) is 4.68 Å². The van der Waals surface area contributed by atoms with Crippen LogP contribution in [0.3, 0.4) is 0 Å². The highest BCUT2D eigenvalue weighted by Gasteiger charge is 2.13. The van der Waals surface area contributed by atoms with Gasteiger partial charge >= 0.3 is 0 Å². The first kappa shape index (κ1) is 13.9. The van der Waals surface area contributed by atoms with E-state index in [2.05, 4.69) is 14.6 Å². The maximum atomic E-state index is 6.05. The Hall–Kier alpha value is -2.01. The SMILES string of the molecule is COc1ccc2nc(CCl)n(Cc3cn(C)nc3C)c2c1. The van der Waals surface area contributed by atoms with E-state index in [0.717, 1.165) is 33.9 Å². The van der Waals surface area contributed by atoms with Crippen molar-refractivity contribution in [2.24, 2.45) is 7.05 Å². The largest absolute Gasteiger partial charge is 0.497 e. The highest BCUT2D eigenvalue weighted by atomic mass is 35.5. The zero-order chi connectivity index (χ0) is 15.0. The average molecular weight is 305 g/mol. The van der Waals surface area contributed by atoms with E-state index in [1.807, 2.05) is 43.0 Å². The van der Waals surface area contributed by atoms with E-state index in [9.17, 15) is 0 Å². The van der Waals surface area contributed by atoms with Crippen LogP contribution in [0.1, 0.15) is 17.1 Å². The quantitative estimate of drug-likeness (QED) is 0.696. The van der Waals surface area contributed by atoms with Gasteiger partial charge in [0, 0.05) is 24.9 Å². The Morgan fingerprint density at radius 1 is 1.33 bits per heavy atom. The zero-order valence-corrected chi connectivity index (χ0v) is 13.1. The van der Waals surface area contributed by atoms with E-state index >= 15 is 0 Å². The molecule has 3 aromatic rings. The second-order valence-corrected chi connectivity index (χ2v) is 5.28. The third-order valence-corrected chi connectivity index (χ3v) is 3.84. The number of hydrogen-bond acceptors (Lipinski definition) is 3. The minimum absolute atomic E-state index is 0.371. The van der Waals surface area contributed by atoms with Crippen LogP contribution in [0.15, 0.2) is 24.4 Å². The summed E-state index contributed by atoms with van der Waals surface area (Å²) in [7, 11) is 3.59. The Bertz CT molecular complexity index is 790. The summed E-state index contributed by atoms with van der Waals surface area (Å²) in [6.45, 7) is 2.71. The van der Waals surface area contributed by atoms with Gasteiger partial charge < -0.3 is 9.30 Å². The van der Waals surface area contributed by atoms with E-state index in [-0.39, 0.29) is 0 Å². The van der Waals surface area contributed by atoms with E-state index in [0.29, 0.717) is 12.4 Å². The van der Waals surface area contributed by atoms with Crippen molar-refractivity contribution in [3.63, 3.8) is 0 Å². The number of ether oxygens (including phenoxy) is 1. The van der Waals surface area contributed by atoms with E-state index < -0.39 is 0 Å². The summed E-state index contributed by atoms with van der Waals surface area (Å²) in [6.07, 6.45) is 2.03. The second kappa shape index (κ2) is 5.41. The molecule has 0 fully saturated rings. The molecule has 110 valence electrons. The summed E-state index contributed by atoms with van der Waals surface area (Å²) in [5.41, 5.74) is 4.12. The van der Waals surface area contributed by atoms with Gasteiger partial charge in [0.05, 0.1) is 36.3 Å². The average Bonchev–Trinajstić information content (AvgIpc) is 2.99. The topological polar surface area (TPSA) is 44.9 Å². The molecule has 0 bridgehead atoms. The molecule has 0 N–H and O–H groups in total. The van der Waals surface area contributed by atoms with Crippen molar-refractivity contribution in [2.45, 2.75) is 19.3 Å². The van der Waals surface area contributed by atoms with Crippen molar-refractivity contribution in [1.29, 1.82) is 0 Å². The van der Waals surface area contributed by atoms with Crippen molar-refractivity contribution < 1.29 is 4.74 Å². The molecule has 21 heavy (non-hydrogen) atoms. The maximum absolute atomic E-state index is 6.05. The molecule has 5 nitrogen and oxygen atoms in total. The molecule has 6 heteroatoms. The van der Waals surface area contributed by atoms with Crippen LogP contribution < -0.4 is 4.74 Å². The Balaban J connectivity index is 2.12. The van der Waals surface area contributed by atoms with Gasteiger partial charge in [-0.05, 0) is 19.1 Å². The van der Waals surface area contributed by atoms with Crippen molar-refractivity contribution in [3.8, 4) is 5.75 Å². The highest BCUT2D eigenvalue weighted by Crippen LogP contribution is 2.24. The van der Waals surface area contributed by atoms with Crippen LogP contribution in [0.4, 0.5) is 0 Å². The van der Waals surface area contributed by atoms with Gasteiger partial charge in [0.1, 0.15) is 11.6 Å². The van der Waals surface area contributed by atoms with Gasteiger partial charge in [-0.15, -0.1) is 11.6 Å². The first-order valence-electron chi connectivity index (χ1n) is 6.70. The van der Waals surface area contributed by atoms with Crippen molar-refractivity contribution in [3.05, 3.63) is 41.5 Å². The summed E-state index contributed by atoms with van der Waals surface area (Å²) in [4.78, 5) is 4.59. The normalized spacial score (nSPS) is 11.2. The number of alkyl halides is 1. The van der Waals surface area contributed by atoms with Gasteiger partial charge in [-0.1, -0.05) is 0 Å². The lowest BCUT2D eigenvalue weighted by Crippen LogP contribution is -2.04. The third kappa shape index (κ3) is 2.49. The standard InChI is InChI=1S/C15H17ClN4O/c1-10-11(8-19(2)18-10)9-20-14-6-12(21-3)4-5-13(14)17-15(20)7-16/h4-6,8H,7,9H2,1-3H3. The number of fused-ring (bicyclic) bond motifs is 1. The molecule has 0 spiro atoms. The Kier molecular flexibility index (Phi) is 3.59. The minimum Gasteiger partial charge on any atom is -0.497 e. The highest BCUT2D eigenvalue weighted by molar-refractivity contribution is 6.16. The number of halogens is 1. The summed E-state index contributed by atoms with van der Waals surface area (Å²) in [6, 6.07) is 5.86. The van der Waals surface area contributed by atoms with Crippen LogP contribution in [0.5, 0.6) is 5.75 Å². The molecule has 0 radical (unpaired) electrons. The predicted octanol–water partition coefficient (Wildman–Crippen LogP) is 2.87. The van der Waals surface area contributed by atoms with E-state index in [1.54, 1.807) is 7.11 Å². The molecule has 2 heterocycles. The van der Waals surface area contributed by atoms with Crippen molar-refractivity contribution >= 4 is 22.6 Å². The summed E-state index contributed by atoms with van der Waals surface area (Å²) >= 11 is 6.05. The van der Waals surface area contributed by atoms with E-state index in [1.165, 1.54) is 0 Å². The van der Waals surface area contributed by atoms with Crippen LogP contribution in [-0.2, 0) is 19.5 Å². The number of nitrogens with zero attached hydrogens (tertiary/aromatic N) is 4. The van der Waals surface area contributed by atoms with Crippen molar-refractivity contribution in [2.75, 3.05) is 7.11 Å². The number of rotatable bonds is 4. The molecule has 0 unspecified atom stereocenters. The molecule has 0 aliphatic rings. The molecule has 0 aliphatic heterocycles. The number of methoxy groups -OCH3 is 1. The zero-order valence-electron chi connectivity index (χ0n) is 12.3. The number of hydrogen-bond donors (Lipinski definition) is 0. The number of aryl methyl sites for hydroxylation is 2. The van der Waals surface area contributed by atoms with Crippen LogP contribution in [0.25, 0.3) is 11.0 Å².